The molecule has 2 saturated heterocycles. The first-order valence-corrected chi connectivity index (χ1v) is 11.0. The van der Waals surface area contributed by atoms with E-state index in [1.807, 2.05) is 19.3 Å². The number of aromatic nitrogens is 1. The van der Waals surface area contributed by atoms with Gasteiger partial charge < -0.3 is 19.9 Å². The number of nitrogens with zero attached hydrogens (tertiary/aromatic N) is 4. The third-order valence-electron chi connectivity index (χ3n) is 6.26. The van der Waals surface area contributed by atoms with Crippen LogP contribution in [0.3, 0.4) is 0 Å². The zero-order valence-corrected chi connectivity index (χ0v) is 18.1. The second kappa shape index (κ2) is 9.94. The van der Waals surface area contributed by atoms with Crippen LogP contribution in [0, 0.1) is 5.92 Å². The van der Waals surface area contributed by atoms with Crippen LogP contribution >= 0.6 is 0 Å². The van der Waals surface area contributed by atoms with Crippen LogP contribution in [-0.2, 0) is 11.3 Å². The van der Waals surface area contributed by atoms with Crippen molar-refractivity contribution in [3.05, 3.63) is 59.8 Å². The van der Waals surface area contributed by atoms with Gasteiger partial charge in [-0.05, 0) is 29.9 Å². The van der Waals surface area contributed by atoms with Gasteiger partial charge in [0.05, 0.1) is 13.2 Å². The first kappa shape index (κ1) is 20.7. The molecule has 6 heteroatoms. The Kier molecular flexibility index (Phi) is 6.84. The highest BCUT2D eigenvalue weighted by molar-refractivity contribution is 5.80. The number of morpholine rings is 1. The minimum absolute atomic E-state index is 0.585. The van der Waals surface area contributed by atoms with Crippen molar-refractivity contribution in [3.63, 3.8) is 0 Å². The Morgan fingerprint density at radius 2 is 1.93 bits per heavy atom. The number of benzene rings is 1. The van der Waals surface area contributed by atoms with Crippen molar-refractivity contribution in [3.8, 4) is 0 Å². The van der Waals surface area contributed by atoms with E-state index < -0.39 is 0 Å². The monoisotopic (exact) mass is 407 g/mol. The Morgan fingerprint density at radius 1 is 1.13 bits per heavy atom. The summed E-state index contributed by atoms with van der Waals surface area (Å²) in [6.07, 6.45) is 3.02. The van der Waals surface area contributed by atoms with Crippen molar-refractivity contribution in [2.75, 3.05) is 51.3 Å². The summed E-state index contributed by atoms with van der Waals surface area (Å²) in [4.78, 5) is 13.9. The van der Waals surface area contributed by atoms with Gasteiger partial charge in [-0.15, -0.1) is 0 Å². The Hall–Kier alpha value is -2.60. The lowest BCUT2D eigenvalue weighted by Gasteiger charge is -2.39. The first-order valence-electron chi connectivity index (χ1n) is 11.0. The van der Waals surface area contributed by atoms with E-state index in [1.165, 1.54) is 11.1 Å². The van der Waals surface area contributed by atoms with Crippen molar-refractivity contribution in [1.82, 2.24) is 15.2 Å². The van der Waals surface area contributed by atoms with Crippen molar-refractivity contribution < 1.29 is 4.74 Å². The van der Waals surface area contributed by atoms with E-state index in [0.717, 1.165) is 64.1 Å². The smallest absolute Gasteiger partial charge is 0.193 e. The summed E-state index contributed by atoms with van der Waals surface area (Å²) >= 11 is 0. The highest BCUT2D eigenvalue weighted by Gasteiger charge is 2.28. The number of nitrogens with one attached hydrogen (secondary N) is 1. The van der Waals surface area contributed by atoms with Gasteiger partial charge >= 0.3 is 0 Å². The second-order valence-corrected chi connectivity index (χ2v) is 8.22. The van der Waals surface area contributed by atoms with Crippen LogP contribution in [0.2, 0.25) is 0 Å². The zero-order valence-electron chi connectivity index (χ0n) is 18.1. The van der Waals surface area contributed by atoms with E-state index in [1.54, 1.807) is 0 Å². The van der Waals surface area contributed by atoms with Crippen molar-refractivity contribution in [2.24, 2.45) is 10.9 Å². The summed E-state index contributed by atoms with van der Waals surface area (Å²) in [6, 6.07) is 15.1. The van der Waals surface area contributed by atoms with Crippen LogP contribution in [0.4, 0.5) is 5.82 Å². The number of rotatable bonds is 4. The summed E-state index contributed by atoms with van der Waals surface area (Å²) in [5.41, 5.74) is 2.66. The predicted octanol–water partition coefficient (Wildman–Crippen LogP) is 3.12. The van der Waals surface area contributed by atoms with Crippen molar-refractivity contribution in [1.29, 1.82) is 0 Å². The first-order chi connectivity index (χ1) is 14.8. The maximum atomic E-state index is 5.50. The molecule has 160 valence electrons. The Labute approximate surface area is 180 Å². The molecule has 2 fully saturated rings. The molecule has 2 aliphatic rings. The van der Waals surface area contributed by atoms with Gasteiger partial charge in [-0.25, -0.2) is 4.98 Å². The van der Waals surface area contributed by atoms with Gasteiger partial charge in [0.15, 0.2) is 5.96 Å². The average molecular weight is 408 g/mol. The molecule has 0 spiro atoms. The number of piperidine rings is 1. The van der Waals surface area contributed by atoms with Gasteiger partial charge in [0.2, 0.25) is 0 Å². The van der Waals surface area contributed by atoms with E-state index in [4.69, 9.17) is 4.74 Å². The molecule has 6 nitrogen and oxygen atoms in total. The molecular weight excluding hydrogens is 374 g/mol. The number of ether oxygens (including phenoxy) is 1. The third-order valence-corrected chi connectivity index (χ3v) is 6.26. The summed E-state index contributed by atoms with van der Waals surface area (Å²) in [5, 5.41) is 3.59. The highest BCUT2D eigenvalue weighted by Crippen LogP contribution is 2.32. The van der Waals surface area contributed by atoms with E-state index in [0.29, 0.717) is 11.8 Å². The summed E-state index contributed by atoms with van der Waals surface area (Å²) in [6.45, 7) is 8.43. The van der Waals surface area contributed by atoms with Crippen molar-refractivity contribution in [2.45, 2.75) is 25.8 Å². The second-order valence-electron chi connectivity index (χ2n) is 8.22. The van der Waals surface area contributed by atoms with Gasteiger partial charge in [-0.3, -0.25) is 4.99 Å². The fourth-order valence-electron chi connectivity index (χ4n) is 4.67. The number of pyridine rings is 1. The molecule has 0 saturated carbocycles. The predicted molar refractivity (Wildman–Crippen MR) is 122 cm³/mol. The Balaban J connectivity index is 1.38. The molecule has 2 unspecified atom stereocenters. The Morgan fingerprint density at radius 3 is 2.67 bits per heavy atom. The van der Waals surface area contributed by atoms with E-state index >= 15 is 0 Å². The summed E-state index contributed by atoms with van der Waals surface area (Å²) in [5.74, 6) is 3.24. The molecule has 4 rings (SSSR count). The van der Waals surface area contributed by atoms with Crippen molar-refractivity contribution >= 4 is 11.8 Å². The minimum atomic E-state index is 0.585. The zero-order chi connectivity index (χ0) is 20.8. The molecule has 2 aliphatic heterocycles. The summed E-state index contributed by atoms with van der Waals surface area (Å²) < 4.78 is 5.50. The molecule has 2 aromatic rings. The number of anilines is 1. The van der Waals surface area contributed by atoms with Crippen LogP contribution in [0.5, 0.6) is 0 Å². The van der Waals surface area contributed by atoms with Crippen LogP contribution < -0.4 is 10.2 Å². The molecule has 30 heavy (non-hydrogen) atoms. The number of hydrogen-bond acceptors (Lipinski definition) is 4. The number of aliphatic imine (C=N–C) groups is 1. The van der Waals surface area contributed by atoms with Gasteiger partial charge in [-0.2, -0.15) is 0 Å². The minimum Gasteiger partial charge on any atom is -0.378 e. The number of guanidine groups is 1. The maximum Gasteiger partial charge on any atom is 0.193 e. The lowest BCUT2D eigenvalue weighted by atomic mass is 9.82. The molecule has 1 aromatic heterocycles. The topological polar surface area (TPSA) is 53.0 Å². The lowest BCUT2D eigenvalue weighted by molar-refractivity contribution is 0.122. The standard InChI is InChI=1S/C24H33N5O/c1-19-18-29(12-10-22(19)20-7-4-3-5-8-20)24(25-2)27-17-21-9-6-11-26-23(21)28-13-15-30-16-14-28/h3-9,11,19,22H,10,12-18H2,1-2H3,(H,25,27). The van der Waals surface area contributed by atoms with Gasteiger partial charge in [0, 0.05) is 51.5 Å². The number of likely N-dealkylation sites (tertiary alicyclic amines) is 1. The SMILES string of the molecule is CN=C(NCc1cccnc1N1CCOCC1)N1CCC(c2ccccc2)C(C)C1. The van der Waals surface area contributed by atoms with Gasteiger partial charge in [0.1, 0.15) is 5.82 Å². The summed E-state index contributed by atoms with van der Waals surface area (Å²) in [7, 11) is 1.88. The fraction of sp³-hybridized carbons (Fsp3) is 0.500. The third kappa shape index (κ3) is 4.75. The van der Waals surface area contributed by atoms with E-state index in [-0.39, 0.29) is 0 Å². The Bertz CT molecular complexity index is 834. The van der Waals surface area contributed by atoms with Crippen LogP contribution in [0.25, 0.3) is 0 Å². The van der Waals surface area contributed by atoms with E-state index in [2.05, 4.69) is 68.4 Å². The average Bonchev–Trinajstić information content (AvgIpc) is 2.81. The molecule has 1 aromatic carbocycles. The quantitative estimate of drug-likeness (QED) is 0.623. The van der Waals surface area contributed by atoms with Crippen LogP contribution in [-0.4, -0.2) is 62.3 Å². The van der Waals surface area contributed by atoms with Gasteiger partial charge in [0.25, 0.3) is 0 Å². The largest absolute Gasteiger partial charge is 0.378 e. The van der Waals surface area contributed by atoms with Crippen LogP contribution in [0.15, 0.2) is 53.7 Å². The highest BCUT2D eigenvalue weighted by atomic mass is 16.5. The fourth-order valence-corrected chi connectivity index (χ4v) is 4.67. The molecule has 0 amide bonds. The number of hydrogen-bond donors (Lipinski definition) is 1. The molecule has 1 N–H and O–H groups in total. The van der Waals surface area contributed by atoms with E-state index in [9.17, 15) is 0 Å². The normalized spacial score (nSPS) is 22.8. The lowest BCUT2D eigenvalue weighted by Crippen LogP contribution is -2.48. The van der Waals surface area contributed by atoms with Gasteiger partial charge in [-0.1, -0.05) is 43.3 Å². The van der Waals surface area contributed by atoms with Crippen LogP contribution in [0.1, 0.15) is 30.4 Å². The molecule has 0 bridgehead atoms. The molecule has 2 atom stereocenters. The molecule has 0 radical (unpaired) electrons. The molecule has 3 heterocycles. The molecule has 0 aliphatic carbocycles. The molecular formula is C24H33N5O. The maximum absolute atomic E-state index is 5.50.